The lowest BCUT2D eigenvalue weighted by Crippen LogP contribution is -2.33. The lowest BCUT2D eigenvalue weighted by molar-refractivity contribution is -0.665. The first-order chi connectivity index (χ1) is 13.2. The Hall–Kier alpha value is -2.98. The highest BCUT2D eigenvalue weighted by Gasteiger charge is 2.19. The van der Waals surface area contributed by atoms with E-state index in [4.69, 9.17) is 0 Å². The van der Waals surface area contributed by atoms with E-state index >= 15 is 0 Å². The molecule has 4 aromatic rings. The molecule has 1 amide bonds. The Labute approximate surface area is 162 Å². The van der Waals surface area contributed by atoms with E-state index in [2.05, 4.69) is 47.9 Å². The van der Waals surface area contributed by atoms with E-state index in [1.165, 1.54) is 21.0 Å². The molecule has 0 atom stereocenters. The van der Waals surface area contributed by atoms with Crippen LogP contribution in [0.25, 0.3) is 27.1 Å². The van der Waals surface area contributed by atoms with Crippen LogP contribution < -0.4 is 9.47 Å². The van der Waals surface area contributed by atoms with Gasteiger partial charge < -0.3 is 0 Å². The van der Waals surface area contributed by atoms with Crippen LogP contribution in [-0.2, 0) is 11.3 Å². The van der Waals surface area contributed by atoms with Crippen molar-refractivity contribution in [1.82, 2.24) is 0 Å². The largest absolute Gasteiger partial charge is 0.288 e. The van der Waals surface area contributed by atoms with Crippen molar-refractivity contribution in [2.75, 3.05) is 4.90 Å². The topological polar surface area (TPSA) is 24.2 Å². The first-order valence-corrected chi connectivity index (χ1v) is 9.88. The van der Waals surface area contributed by atoms with Crippen LogP contribution in [0.2, 0.25) is 0 Å². The molecule has 4 heteroatoms. The van der Waals surface area contributed by atoms with Gasteiger partial charge in [-0.25, -0.2) is 0 Å². The molecule has 4 rings (SSSR count). The van der Waals surface area contributed by atoms with Crippen LogP contribution in [0.3, 0.4) is 0 Å². The number of amides is 1. The summed E-state index contributed by atoms with van der Waals surface area (Å²) in [5, 5.41) is 3.65. The van der Waals surface area contributed by atoms with Gasteiger partial charge in [0.25, 0.3) is 5.01 Å². The van der Waals surface area contributed by atoms with Crippen molar-refractivity contribution in [2.24, 2.45) is 0 Å². The van der Waals surface area contributed by atoms with Crippen LogP contribution >= 0.6 is 11.3 Å². The third kappa shape index (κ3) is 3.24. The Morgan fingerprint density at radius 3 is 2.52 bits per heavy atom. The monoisotopic (exact) mass is 373 g/mol. The van der Waals surface area contributed by atoms with Gasteiger partial charge >= 0.3 is 0 Å². The minimum Gasteiger partial charge on any atom is -0.288 e. The molecule has 0 aliphatic heterocycles. The zero-order valence-electron chi connectivity index (χ0n) is 15.4. The summed E-state index contributed by atoms with van der Waals surface area (Å²) in [6.07, 6.45) is 3.91. The number of aryl methyl sites for hydroxylation is 1. The van der Waals surface area contributed by atoms with Crippen LogP contribution in [0.1, 0.15) is 18.9 Å². The minimum atomic E-state index is -0.00735. The Bertz CT molecular complexity index is 1150. The van der Waals surface area contributed by atoms with E-state index in [1.807, 2.05) is 42.6 Å². The second kappa shape index (κ2) is 7.33. The summed E-state index contributed by atoms with van der Waals surface area (Å²) < 4.78 is 3.58. The minimum absolute atomic E-state index is 0.00735. The zero-order valence-corrected chi connectivity index (χ0v) is 16.2. The summed E-state index contributed by atoms with van der Waals surface area (Å²) in [6, 6.07) is 22.6. The highest BCUT2D eigenvalue weighted by atomic mass is 32.1. The van der Waals surface area contributed by atoms with Gasteiger partial charge in [-0.3, -0.25) is 9.69 Å². The average molecular weight is 374 g/mol. The number of fused-ring (bicyclic) bond motifs is 3. The number of aromatic nitrogens is 1. The molecule has 27 heavy (non-hydrogen) atoms. The number of thiazole rings is 1. The second-order valence-electron chi connectivity index (χ2n) is 6.36. The summed E-state index contributed by atoms with van der Waals surface area (Å²) in [5.74, 6) is -0.00735. The number of carbonyl (C=O) groups is 1. The molecule has 0 unspecified atom stereocenters. The molecule has 0 spiro atoms. The van der Waals surface area contributed by atoms with Gasteiger partial charge in [0.1, 0.15) is 11.2 Å². The lowest BCUT2D eigenvalue weighted by atomic mass is 10.1. The number of para-hydroxylation sites is 1. The first kappa shape index (κ1) is 17.4. The molecule has 0 radical (unpaired) electrons. The molecule has 3 aromatic carbocycles. The SMILES string of the molecule is CC[n+]1c(C=CN(C(C)=O)c2ccccc2)sc2c3ccccc3ccc21. The van der Waals surface area contributed by atoms with Gasteiger partial charge in [-0.15, -0.1) is 0 Å². The van der Waals surface area contributed by atoms with Gasteiger partial charge in [0.05, 0.1) is 0 Å². The lowest BCUT2D eigenvalue weighted by Gasteiger charge is -2.15. The maximum atomic E-state index is 12.1. The fraction of sp³-hybridized carbons (Fsp3) is 0.130. The quantitative estimate of drug-likeness (QED) is 0.440. The van der Waals surface area contributed by atoms with Crippen molar-refractivity contribution >= 4 is 50.0 Å². The van der Waals surface area contributed by atoms with Gasteiger partial charge in [0.2, 0.25) is 11.4 Å². The molecule has 0 fully saturated rings. The Kier molecular flexibility index (Phi) is 4.73. The Balaban J connectivity index is 1.82. The van der Waals surface area contributed by atoms with Gasteiger partial charge in [-0.1, -0.05) is 53.8 Å². The number of hydrogen-bond acceptors (Lipinski definition) is 2. The van der Waals surface area contributed by atoms with Gasteiger partial charge in [-0.2, -0.15) is 4.57 Å². The number of benzene rings is 3. The molecule has 134 valence electrons. The van der Waals surface area contributed by atoms with E-state index in [0.29, 0.717) is 0 Å². The first-order valence-electron chi connectivity index (χ1n) is 9.06. The number of anilines is 1. The zero-order chi connectivity index (χ0) is 18.8. The van der Waals surface area contributed by atoms with E-state index in [-0.39, 0.29) is 5.91 Å². The van der Waals surface area contributed by atoms with Crippen molar-refractivity contribution in [3.8, 4) is 0 Å². The van der Waals surface area contributed by atoms with Crippen molar-refractivity contribution in [3.05, 3.63) is 77.9 Å². The second-order valence-corrected chi connectivity index (χ2v) is 7.39. The van der Waals surface area contributed by atoms with Gasteiger partial charge in [0, 0.05) is 36.3 Å². The van der Waals surface area contributed by atoms with Crippen molar-refractivity contribution in [1.29, 1.82) is 0 Å². The molecule has 1 aromatic heterocycles. The summed E-state index contributed by atoms with van der Waals surface area (Å²) >= 11 is 1.77. The molecule has 3 nitrogen and oxygen atoms in total. The molecule has 0 saturated carbocycles. The molecule has 1 heterocycles. The summed E-state index contributed by atoms with van der Waals surface area (Å²) in [5.41, 5.74) is 2.10. The summed E-state index contributed by atoms with van der Waals surface area (Å²) in [6.45, 7) is 4.62. The van der Waals surface area contributed by atoms with Crippen LogP contribution in [0.5, 0.6) is 0 Å². The normalized spacial score (nSPS) is 11.5. The fourth-order valence-electron chi connectivity index (χ4n) is 3.38. The van der Waals surface area contributed by atoms with Crippen molar-refractivity contribution < 1.29 is 9.36 Å². The third-order valence-corrected chi connectivity index (χ3v) is 5.88. The number of hydrogen-bond donors (Lipinski definition) is 0. The van der Waals surface area contributed by atoms with Crippen molar-refractivity contribution in [2.45, 2.75) is 20.4 Å². The molecular weight excluding hydrogens is 352 g/mol. The predicted octanol–water partition coefficient (Wildman–Crippen LogP) is 5.39. The highest BCUT2D eigenvalue weighted by molar-refractivity contribution is 7.19. The third-order valence-electron chi connectivity index (χ3n) is 4.68. The average Bonchev–Trinajstić information content (AvgIpc) is 3.06. The van der Waals surface area contributed by atoms with E-state index < -0.39 is 0 Å². The van der Waals surface area contributed by atoms with E-state index in [9.17, 15) is 4.79 Å². The van der Waals surface area contributed by atoms with Crippen LogP contribution in [0, 0.1) is 0 Å². The van der Waals surface area contributed by atoms with Gasteiger partial charge in [0.15, 0.2) is 0 Å². The summed E-state index contributed by atoms with van der Waals surface area (Å²) in [7, 11) is 0. The maximum Gasteiger partial charge on any atom is 0.264 e. The standard InChI is InChI=1S/C23H21N2OS/c1-3-24-21-14-13-18-9-7-8-12-20(18)23(21)27-22(24)15-16-25(17(2)26)19-10-5-4-6-11-19/h4-16H,3H2,1-2H3/q+1. The predicted molar refractivity (Wildman–Crippen MR) is 114 cm³/mol. The smallest absolute Gasteiger partial charge is 0.264 e. The van der Waals surface area contributed by atoms with E-state index in [0.717, 1.165) is 17.2 Å². The fourth-order valence-corrected chi connectivity index (χ4v) is 4.63. The van der Waals surface area contributed by atoms with Gasteiger partial charge in [-0.05, 0) is 30.5 Å². The molecule has 0 aliphatic carbocycles. The van der Waals surface area contributed by atoms with Crippen LogP contribution in [-0.4, -0.2) is 5.91 Å². The van der Waals surface area contributed by atoms with Crippen LogP contribution in [0.15, 0.2) is 72.9 Å². The molecule has 0 saturated heterocycles. The maximum absolute atomic E-state index is 12.1. The molecule has 0 aliphatic rings. The highest BCUT2D eigenvalue weighted by Crippen LogP contribution is 2.30. The number of carbonyl (C=O) groups excluding carboxylic acids is 1. The Morgan fingerprint density at radius 1 is 1.04 bits per heavy atom. The molecule has 0 bridgehead atoms. The van der Waals surface area contributed by atoms with Crippen LogP contribution in [0.4, 0.5) is 5.69 Å². The molecular formula is C23H21N2OS+. The van der Waals surface area contributed by atoms with E-state index in [1.54, 1.807) is 23.2 Å². The number of nitrogens with zero attached hydrogens (tertiary/aromatic N) is 2. The Morgan fingerprint density at radius 2 is 1.78 bits per heavy atom. The molecule has 0 N–H and O–H groups in total. The van der Waals surface area contributed by atoms with Crippen molar-refractivity contribution in [3.63, 3.8) is 0 Å². The number of rotatable bonds is 4. The summed E-state index contributed by atoms with van der Waals surface area (Å²) in [4.78, 5) is 13.8.